The van der Waals surface area contributed by atoms with E-state index in [1.54, 1.807) is 6.20 Å². The number of hydrogen-bond acceptors (Lipinski definition) is 5. The molecule has 0 aliphatic carbocycles. The van der Waals surface area contributed by atoms with Gasteiger partial charge < -0.3 is 9.40 Å². The molecule has 7 rings (SSSR count). The first kappa shape index (κ1) is 26.2. The first-order chi connectivity index (χ1) is 20.1. The molecular weight excluding hydrogens is 703 g/mol. The van der Waals surface area contributed by atoms with Crippen LogP contribution in [0.4, 0.5) is 0 Å². The number of pyridine rings is 3. The Morgan fingerprint density at radius 1 is 0.878 bits per heavy atom. The van der Waals surface area contributed by atoms with Gasteiger partial charge in [-0.25, -0.2) is 4.98 Å². The molecule has 4 nitrogen and oxygen atoms in total. The Morgan fingerprint density at radius 2 is 1.73 bits per heavy atom. The van der Waals surface area contributed by atoms with Crippen molar-refractivity contribution in [1.82, 2.24) is 15.0 Å². The number of nitrogens with zero attached hydrogens (tertiary/aromatic N) is 3. The molecule has 2 aromatic carbocycles. The summed E-state index contributed by atoms with van der Waals surface area (Å²) in [6.45, 7) is 7.70. The van der Waals surface area contributed by atoms with Gasteiger partial charge in [0.2, 0.25) is 5.71 Å². The van der Waals surface area contributed by atoms with E-state index in [4.69, 9.17) is 12.1 Å². The Kier molecular flexibility index (Phi) is 7.70. The molecule has 41 heavy (non-hydrogen) atoms. The normalized spacial score (nSPS) is 12.4. The van der Waals surface area contributed by atoms with Crippen molar-refractivity contribution in [3.63, 3.8) is 0 Å². The summed E-state index contributed by atoms with van der Waals surface area (Å²) < 4.78 is 23.3. The molecule has 0 aliphatic rings. The third-order valence-corrected chi connectivity index (χ3v) is 7.19. The van der Waals surface area contributed by atoms with Crippen LogP contribution in [0.1, 0.15) is 34.1 Å². The smallest absolute Gasteiger partial charge is 0.216 e. The number of furan rings is 1. The molecule has 207 valence electrons. The van der Waals surface area contributed by atoms with Gasteiger partial charge in [0, 0.05) is 50.4 Å². The molecule has 0 saturated carbocycles. The number of aromatic nitrogens is 3. The number of benzene rings is 2. The van der Waals surface area contributed by atoms with Gasteiger partial charge >= 0.3 is 0 Å². The fourth-order valence-electron chi connectivity index (χ4n) is 4.47. The minimum atomic E-state index is -1.44. The first-order valence-electron chi connectivity index (χ1n) is 14.1. The second kappa shape index (κ2) is 12.0. The molecule has 0 fully saturated rings. The zero-order valence-corrected chi connectivity index (χ0v) is 26.4. The summed E-state index contributed by atoms with van der Waals surface area (Å²) in [7, 11) is 0. The number of thiophene rings is 1. The van der Waals surface area contributed by atoms with Crippen molar-refractivity contribution in [3.05, 3.63) is 114 Å². The first-order valence-corrected chi connectivity index (χ1v) is 13.9. The molecule has 1 radical (unpaired) electrons. The van der Waals surface area contributed by atoms with Gasteiger partial charge in [-0.15, -0.1) is 65.4 Å². The van der Waals surface area contributed by atoms with E-state index in [-0.39, 0.29) is 20.1 Å². The summed E-state index contributed by atoms with van der Waals surface area (Å²) in [5.74, 6) is 0. The van der Waals surface area contributed by atoms with Crippen LogP contribution >= 0.6 is 11.3 Å². The fraction of sp³-hybridized carbons (Fsp3) is 0.171. The second-order valence-electron chi connectivity index (χ2n) is 10.6. The predicted molar refractivity (Wildman–Crippen MR) is 165 cm³/mol. The standard InChI is InChI=1S/C24H21N2OS.C11H8N.Ir/c1-14-8-10-18-17-6-5-7-19(21(17)27-22(18)25-14)20-11-9-15-12-16(13-24(2,3)4)28-23(15)26-20;1-2-6-10(7-3-1)11-8-4-5-9-12-11;/h5-6,8-12H,13H2,1-4H3;1-6,8-9H;/q2*-1;/i13D2;;. The summed E-state index contributed by atoms with van der Waals surface area (Å²) in [5, 5.41) is 2.91. The maximum atomic E-state index is 8.58. The van der Waals surface area contributed by atoms with Crippen molar-refractivity contribution in [2.45, 2.75) is 34.1 Å². The Bertz CT molecular complexity index is 1980. The van der Waals surface area contributed by atoms with Gasteiger partial charge in [0.25, 0.3) is 0 Å². The van der Waals surface area contributed by atoms with Crippen LogP contribution in [0, 0.1) is 24.5 Å². The Balaban J connectivity index is 0.000000238. The molecule has 6 heteroatoms. The summed E-state index contributed by atoms with van der Waals surface area (Å²) in [4.78, 5) is 15.1. The van der Waals surface area contributed by atoms with Crippen LogP contribution in [0.3, 0.4) is 0 Å². The molecule has 0 spiro atoms. The summed E-state index contributed by atoms with van der Waals surface area (Å²) in [6, 6.07) is 33.8. The molecule has 0 N–H and O–H groups in total. The molecule has 0 unspecified atom stereocenters. The third-order valence-electron chi connectivity index (χ3n) is 6.22. The van der Waals surface area contributed by atoms with Crippen molar-refractivity contribution in [2.75, 3.05) is 0 Å². The third kappa shape index (κ3) is 6.46. The topological polar surface area (TPSA) is 51.8 Å². The largest absolute Gasteiger partial charge is 0.486 e. The van der Waals surface area contributed by atoms with Crippen LogP contribution in [0.25, 0.3) is 54.8 Å². The van der Waals surface area contributed by atoms with Crippen molar-refractivity contribution in [3.8, 4) is 22.5 Å². The molecule has 0 saturated heterocycles. The van der Waals surface area contributed by atoms with Crippen LogP contribution in [0.15, 0.2) is 95.5 Å². The molecule has 0 bridgehead atoms. The van der Waals surface area contributed by atoms with E-state index in [0.717, 1.165) is 54.8 Å². The maximum Gasteiger partial charge on any atom is 0.216 e. The molecular formula is C35H29IrN3OS-2. The van der Waals surface area contributed by atoms with Crippen LogP contribution in [0.2, 0.25) is 0 Å². The van der Waals surface area contributed by atoms with Crippen LogP contribution in [0.5, 0.6) is 0 Å². The zero-order valence-electron chi connectivity index (χ0n) is 25.2. The summed E-state index contributed by atoms with van der Waals surface area (Å²) in [5.41, 5.74) is 5.30. The second-order valence-corrected chi connectivity index (χ2v) is 11.6. The fourth-order valence-corrected chi connectivity index (χ4v) is 5.61. The van der Waals surface area contributed by atoms with Crippen molar-refractivity contribution < 1.29 is 27.3 Å². The molecule has 0 amide bonds. The Hall–Kier alpha value is -3.70. The summed E-state index contributed by atoms with van der Waals surface area (Å²) >= 11 is 1.41. The predicted octanol–water partition coefficient (Wildman–Crippen LogP) is 9.50. The molecule has 5 heterocycles. The SMILES string of the molecule is [2H]C([2H])(c1cc2ccc(-c3[c-]ccc4c3oc3nc(C)ccc34)nc2s1)C(C)(C)C.[Ir].[c-]1ccccc1-c1ccccn1. The van der Waals surface area contributed by atoms with Gasteiger partial charge in [-0.1, -0.05) is 56.0 Å². The molecule has 5 aromatic heterocycles. The van der Waals surface area contributed by atoms with E-state index in [9.17, 15) is 0 Å². The van der Waals surface area contributed by atoms with E-state index >= 15 is 0 Å². The maximum absolute atomic E-state index is 8.58. The van der Waals surface area contributed by atoms with Gasteiger partial charge in [0.05, 0.1) is 5.58 Å². The van der Waals surface area contributed by atoms with E-state index in [2.05, 4.69) is 22.1 Å². The number of aryl methyl sites for hydroxylation is 1. The van der Waals surface area contributed by atoms with E-state index < -0.39 is 11.8 Å². The number of hydrogen-bond donors (Lipinski definition) is 0. The van der Waals surface area contributed by atoms with Gasteiger partial charge in [-0.05, 0) is 54.4 Å². The molecule has 7 aromatic rings. The molecule has 0 atom stereocenters. The number of rotatable bonds is 3. The monoisotopic (exact) mass is 734 g/mol. The minimum Gasteiger partial charge on any atom is -0.486 e. The van der Waals surface area contributed by atoms with Gasteiger partial charge in [-0.3, -0.25) is 4.98 Å². The summed E-state index contributed by atoms with van der Waals surface area (Å²) in [6.07, 6.45) is 0.350. The average Bonchev–Trinajstić information content (AvgIpc) is 3.59. The molecule has 0 aliphatic heterocycles. The number of fused-ring (bicyclic) bond motifs is 4. The quantitative estimate of drug-likeness (QED) is 0.170. The van der Waals surface area contributed by atoms with E-state index in [1.807, 2.05) is 113 Å². The zero-order chi connectivity index (χ0) is 29.5. The van der Waals surface area contributed by atoms with Crippen LogP contribution in [-0.4, -0.2) is 15.0 Å². The Morgan fingerprint density at radius 3 is 2.49 bits per heavy atom. The van der Waals surface area contributed by atoms with Crippen LogP contribution in [-0.2, 0) is 26.5 Å². The average molecular weight is 734 g/mol. The van der Waals surface area contributed by atoms with Gasteiger partial charge in [0.1, 0.15) is 4.83 Å². The van der Waals surface area contributed by atoms with E-state index in [0.29, 0.717) is 10.6 Å². The van der Waals surface area contributed by atoms with Crippen molar-refractivity contribution in [2.24, 2.45) is 5.41 Å². The van der Waals surface area contributed by atoms with Gasteiger partial charge in [-0.2, -0.15) is 0 Å². The van der Waals surface area contributed by atoms with Crippen molar-refractivity contribution >= 4 is 43.6 Å². The van der Waals surface area contributed by atoms with Crippen molar-refractivity contribution in [1.29, 1.82) is 0 Å². The Labute approximate surface area is 260 Å². The minimum absolute atomic E-state index is 0. The van der Waals surface area contributed by atoms with Crippen LogP contribution < -0.4 is 0 Å². The van der Waals surface area contributed by atoms with Gasteiger partial charge in [0.15, 0.2) is 0 Å². The van der Waals surface area contributed by atoms with E-state index in [1.165, 1.54) is 11.3 Å².